The Morgan fingerprint density at radius 2 is 1.92 bits per heavy atom. The van der Waals surface area contributed by atoms with Gasteiger partial charge in [0.1, 0.15) is 0 Å². The van der Waals surface area contributed by atoms with Gasteiger partial charge in [0, 0.05) is 29.3 Å². The van der Waals surface area contributed by atoms with E-state index < -0.39 is 5.91 Å². The van der Waals surface area contributed by atoms with Crippen molar-refractivity contribution in [2.24, 2.45) is 10.7 Å². The summed E-state index contributed by atoms with van der Waals surface area (Å²) in [5.41, 5.74) is 6.77. The van der Waals surface area contributed by atoms with Crippen LogP contribution in [-0.2, 0) is 6.54 Å². The molecule has 132 valence electrons. The molecule has 6 heteroatoms. The topological polar surface area (TPSA) is 79.5 Å². The molecule has 2 aromatic carbocycles. The number of thioether (sulfide) groups is 1. The molecule has 1 amide bonds. The van der Waals surface area contributed by atoms with Crippen LogP contribution in [0.25, 0.3) is 0 Å². The molecule has 0 bridgehead atoms. The van der Waals surface area contributed by atoms with Crippen molar-refractivity contribution in [3.63, 3.8) is 0 Å². The van der Waals surface area contributed by atoms with Gasteiger partial charge in [0.15, 0.2) is 5.96 Å². The number of guanidine groups is 1. The van der Waals surface area contributed by atoms with Crippen molar-refractivity contribution in [3.8, 4) is 0 Å². The highest BCUT2D eigenvalue weighted by Gasteiger charge is 2.02. The Bertz CT molecular complexity index is 704. The Kier molecular flexibility index (Phi) is 7.85. The monoisotopic (exact) mass is 356 g/mol. The summed E-state index contributed by atoms with van der Waals surface area (Å²) in [5.74, 6) is 1.29. The lowest BCUT2D eigenvalue weighted by Crippen LogP contribution is -2.38. The van der Waals surface area contributed by atoms with Gasteiger partial charge in [0.2, 0.25) is 5.91 Å². The molecule has 0 spiro atoms. The minimum Gasteiger partial charge on any atom is -0.366 e. The molecular formula is C19H24N4OS. The number of aliphatic imine (C=N–C) groups is 1. The van der Waals surface area contributed by atoms with Gasteiger partial charge < -0.3 is 16.4 Å². The summed E-state index contributed by atoms with van der Waals surface area (Å²) in [6.45, 7) is 4.12. The SMILES string of the molecule is CCNC(=NCc1cccc(C(N)=O)c1)NCCSc1ccccc1. The maximum absolute atomic E-state index is 11.2. The Labute approximate surface area is 153 Å². The molecule has 0 aliphatic carbocycles. The molecular weight excluding hydrogens is 332 g/mol. The normalized spacial score (nSPS) is 11.2. The maximum Gasteiger partial charge on any atom is 0.248 e. The number of benzene rings is 2. The number of hydrogen-bond donors (Lipinski definition) is 3. The zero-order valence-electron chi connectivity index (χ0n) is 14.4. The lowest BCUT2D eigenvalue weighted by atomic mass is 10.1. The number of amides is 1. The average molecular weight is 356 g/mol. The van der Waals surface area contributed by atoms with Gasteiger partial charge >= 0.3 is 0 Å². The molecule has 0 aliphatic rings. The second kappa shape index (κ2) is 10.4. The summed E-state index contributed by atoms with van der Waals surface area (Å²) in [6, 6.07) is 17.6. The van der Waals surface area contributed by atoms with E-state index in [1.165, 1.54) is 4.90 Å². The number of nitrogens with one attached hydrogen (secondary N) is 2. The molecule has 2 aromatic rings. The molecule has 2 rings (SSSR count). The van der Waals surface area contributed by atoms with E-state index in [0.29, 0.717) is 12.1 Å². The fourth-order valence-corrected chi connectivity index (χ4v) is 2.98. The summed E-state index contributed by atoms with van der Waals surface area (Å²) in [5, 5.41) is 6.55. The molecule has 4 N–H and O–H groups in total. The van der Waals surface area contributed by atoms with Crippen LogP contribution in [-0.4, -0.2) is 30.7 Å². The quantitative estimate of drug-likeness (QED) is 0.294. The van der Waals surface area contributed by atoms with Crippen molar-refractivity contribution in [1.82, 2.24) is 10.6 Å². The highest BCUT2D eigenvalue weighted by Crippen LogP contribution is 2.15. The standard InChI is InChI=1S/C19H24N4OS/c1-2-21-19(22-11-12-25-17-9-4-3-5-10-17)23-14-15-7-6-8-16(13-15)18(20)24/h3-10,13H,2,11-12,14H2,1H3,(H2,20,24)(H2,21,22,23). The first-order valence-corrected chi connectivity index (χ1v) is 9.26. The smallest absolute Gasteiger partial charge is 0.248 e. The molecule has 0 aromatic heterocycles. The van der Waals surface area contributed by atoms with E-state index in [4.69, 9.17) is 5.73 Å². The summed E-state index contributed by atoms with van der Waals surface area (Å²) in [7, 11) is 0. The number of rotatable bonds is 8. The van der Waals surface area contributed by atoms with E-state index in [-0.39, 0.29) is 0 Å². The van der Waals surface area contributed by atoms with Gasteiger partial charge in [-0.3, -0.25) is 4.79 Å². The van der Waals surface area contributed by atoms with Crippen LogP contribution in [0.15, 0.2) is 64.5 Å². The third-order valence-corrected chi connectivity index (χ3v) is 4.40. The molecule has 0 aliphatic heterocycles. The number of hydrogen-bond acceptors (Lipinski definition) is 3. The predicted octanol–water partition coefficient (Wildman–Crippen LogP) is 2.63. The number of nitrogens with zero attached hydrogens (tertiary/aromatic N) is 1. The van der Waals surface area contributed by atoms with Crippen LogP contribution >= 0.6 is 11.8 Å². The molecule has 0 heterocycles. The number of carbonyl (C=O) groups is 1. The molecule has 25 heavy (non-hydrogen) atoms. The largest absolute Gasteiger partial charge is 0.366 e. The van der Waals surface area contributed by atoms with Gasteiger partial charge in [-0.05, 0) is 36.8 Å². The zero-order valence-corrected chi connectivity index (χ0v) is 15.2. The first kappa shape index (κ1) is 18.9. The van der Waals surface area contributed by atoms with E-state index in [1.54, 1.807) is 23.9 Å². The van der Waals surface area contributed by atoms with Crippen LogP contribution in [0, 0.1) is 0 Å². The molecule has 0 saturated heterocycles. The number of primary amides is 1. The van der Waals surface area contributed by atoms with Crippen molar-refractivity contribution in [2.75, 3.05) is 18.8 Å². The van der Waals surface area contributed by atoms with Crippen LogP contribution in [0.1, 0.15) is 22.8 Å². The average Bonchev–Trinajstić information content (AvgIpc) is 2.64. The third-order valence-electron chi connectivity index (χ3n) is 3.38. The first-order chi connectivity index (χ1) is 12.2. The third kappa shape index (κ3) is 6.89. The van der Waals surface area contributed by atoms with Gasteiger partial charge in [-0.25, -0.2) is 4.99 Å². The van der Waals surface area contributed by atoms with Crippen LogP contribution in [0.2, 0.25) is 0 Å². The van der Waals surface area contributed by atoms with E-state index in [2.05, 4.69) is 27.8 Å². The van der Waals surface area contributed by atoms with Crippen molar-refractivity contribution in [3.05, 3.63) is 65.7 Å². The Morgan fingerprint density at radius 3 is 2.64 bits per heavy atom. The molecule has 0 saturated carbocycles. The number of carbonyl (C=O) groups excluding carboxylic acids is 1. The van der Waals surface area contributed by atoms with Crippen LogP contribution in [0.3, 0.4) is 0 Å². The van der Waals surface area contributed by atoms with Crippen LogP contribution in [0.5, 0.6) is 0 Å². The first-order valence-electron chi connectivity index (χ1n) is 8.28. The van der Waals surface area contributed by atoms with Crippen LogP contribution in [0.4, 0.5) is 0 Å². The summed E-state index contributed by atoms with van der Waals surface area (Å²) in [4.78, 5) is 17.1. The molecule has 0 radical (unpaired) electrons. The Morgan fingerprint density at radius 1 is 1.12 bits per heavy atom. The lowest BCUT2D eigenvalue weighted by Gasteiger charge is -2.11. The summed E-state index contributed by atoms with van der Waals surface area (Å²) < 4.78 is 0. The van der Waals surface area contributed by atoms with E-state index >= 15 is 0 Å². The Hall–Kier alpha value is -2.47. The van der Waals surface area contributed by atoms with Crippen LogP contribution < -0.4 is 16.4 Å². The fourth-order valence-electron chi connectivity index (χ4n) is 2.19. The lowest BCUT2D eigenvalue weighted by molar-refractivity contribution is 0.1000. The van der Waals surface area contributed by atoms with Gasteiger partial charge in [0.05, 0.1) is 6.54 Å². The second-order valence-corrected chi connectivity index (χ2v) is 6.52. The van der Waals surface area contributed by atoms with Crippen molar-refractivity contribution in [2.45, 2.75) is 18.4 Å². The van der Waals surface area contributed by atoms with E-state index in [1.807, 2.05) is 37.3 Å². The van der Waals surface area contributed by atoms with Gasteiger partial charge in [0.25, 0.3) is 0 Å². The van der Waals surface area contributed by atoms with Crippen molar-refractivity contribution >= 4 is 23.6 Å². The van der Waals surface area contributed by atoms with E-state index in [9.17, 15) is 4.79 Å². The Balaban J connectivity index is 1.85. The highest BCUT2D eigenvalue weighted by atomic mass is 32.2. The van der Waals surface area contributed by atoms with Crippen molar-refractivity contribution < 1.29 is 4.79 Å². The second-order valence-electron chi connectivity index (χ2n) is 5.35. The fraction of sp³-hybridized carbons (Fsp3) is 0.263. The molecule has 0 unspecified atom stereocenters. The molecule has 0 atom stereocenters. The molecule has 0 fully saturated rings. The van der Waals surface area contributed by atoms with Gasteiger partial charge in [-0.2, -0.15) is 0 Å². The minimum absolute atomic E-state index is 0.422. The predicted molar refractivity (Wildman–Crippen MR) is 105 cm³/mol. The highest BCUT2D eigenvalue weighted by molar-refractivity contribution is 7.99. The van der Waals surface area contributed by atoms with E-state index in [0.717, 1.165) is 30.4 Å². The maximum atomic E-state index is 11.2. The number of nitrogens with two attached hydrogens (primary N) is 1. The van der Waals surface area contributed by atoms with Crippen molar-refractivity contribution in [1.29, 1.82) is 0 Å². The minimum atomic E-state index is -0.422. The summed E-state index contributed by atoms with van der Waals surface area (Å²) >= 11 is 1.80. The molecule has 5 nitrogen and oxygen atoms in total. The van der Waals surface area contributed by atoms with Gasteiger partial charge in [-0.1, -0.05) is 30.3 Å². The zero-order chi connectivity index (χ0) is 17.9. The summed E-state index contributed by atoms with van der Waals surface area (Å²) in [6.07, 6.45) is 0. The van der Waals surface area contributed by atoms with Gasteiger partial charge in [-0.15, -0.1) is 11.8 Å².